The van der Waals surface area contributed by atoms with E-state index in [0.29, 0.717) is 6.61 Å². The largest absolute Gasteiger partial charge is 0.390 e. The summed E-state index contributed by atoms with van der Waals surface area (Å²) in [6.45, 7) is 2.18. The van der Waals surface area contributed by atoms with Crippen LogP contribution < -0.4 is 0 Å². The molecule has 3 rings (SSSR count). The van der Waals surface area contributed by atoms with Crippen LogP contribution in [-0.2, 0) is 9.53 Å². The Bertz CT molecular complexity index is 434. The van der Waals surface area contributed by atoms with Crippen LogP contribution >= 0.6 is 0 Å². The fraction of sp³-hybridized carbons (Fsp3) is 0.462. The zero-order chi connectivity index (χ0) is 12.0. The number of hydrogen-bond acceptors (Lipinski definition) is 3. The molecule has 1 N–H and O–H groups in total. The highest BCUT2D eigenvalue weighted by atomic mass is 16.5. The predicted octanol–water partition coefficient (Wildman–Crippen LogP) is 0.923. The first-order valence-electron chi connectivity index (χ1n) is 5.87. The topological polar surface area (TPSA) is 49.8 Å². The van der Waals surface area contributed by atoms with Crippen molar-refractivity contribution >= 4 is 5.91 Å². The molecule has 90 valence electrons. The first kappa shape index (κ1) is 10.7. The number of rotatable bonds is 1. The van der Waals surface area contributed by atoms with E-state index in [2.05, 4.69) is 0 Å². The first-order valence-corrected chi connectivity index (χ1v) is 5.87. The van der Waals surface area contributed by atoms with Crippen molar-refractivity contribution in [3.05, 3.63) is 35.9 Å². The molecule has 1 aromatic carbocycles. The van der Waals surface area contributed by atoms with Crippen molar-refractivity contribution < 1.29 is 14.6 Å². The molecule has 4 heteroatoms. The van der Waals surface area contributed by atoms with E-state index in [0.717, 1.165) is 5.56 Å². The van der Waals surface area contributed by atoms with Gasteiger partial charge in [0.15, 0.2) is 6.23 Å². The van der Waals surface area contributed by atoms with E-state index in [1.54, 1.807) is 11.8 Å². The normalized spacial score (nSPS) is 36.4. The summed E-state index contributed by atoms with van der Waals surface area (Å²) in [6, 6.07) is 9.46. The van der Waals surface area contributed by atoms with Crippen molar-refractivity contribution in [2.45, 2.75) is 25.3 Å². The Morgan fingerprint density at radius 2 is 2.06 bits per heavy atom. The van der Waals surface area contributed by atoms with Crippen LogP contribution in [0.3, 0.4) is 0 Å². The summed E-state index contributed by atoms with van der Waals surface area (Å²) in [4.78, 5) is 13.8. The van der Waals surface area contributed by atoms with Crippen molar-refractivity contribution in [2.24, 2.45) is 5.92 Å². The highest BCUT2D eigenvalue weighted by Crippen LogP contribution is 2.39. The molecule has 1 amide bonds. The average molecular weight is 233 g/mol. The second-order valence-electron chi connectivity index (χ2n) is 4.69. The predicted molar refractivity (Wildman–Crippen MR) is 60.9 cm³/mol. The summed E-state index contributed by atoms with van der Waals surface area (Å²) in [5, 5.41) is 9.96. The minimum Gasteiger partial charge on any atom is -0.390 e. The Morgan fingerprint density at radius 1 is 1.35 bits per heavy atom. The first-order chi connectivity index (χ1) is 8.20. The van der Waals surface area contributed by atoms with Gasteiger partial charge >= 0.3 is 0 Å². The summed E-state index contributed by atoms with van der Waals surface area (Å²) in [5.41, 5.74) is 0.963. The third-order valence-electron chi connectivity index (χ3n) is 3.67. The van der Waals surface area contributed by atoms with Gasteiger partial charge in [-0.1, -0.05) is 37.3 Å². The molecule has 17 heavy (non-hydrogen) atoms. The number of benzene rings is 1. The number of carbonyl (C=O) groups is 1. The van der Waals surface area contributed by atoms with E-state index in [9.17, 15) is 9.90 Å². The molecule has 0 bridgehead atoms. The van der Waals surface area contributed by atoms with Crippen LogP contribution in [0.25, 0.3) is 0 Å². The van der Waals surface area contributed by atoms with Gasteiger partial charge in [0.25, 0.3) is 0 Å². The van der Waals surface area contributed by atoms with Gasteiger partial charge < -0.3 is 14.7 Å². The van der Waals surface area contributed by atoms with Crippen LogP contribution in [0.5, 0.6) is 0 Å². The maximum absolute atomic E-state index is 12.1. The van der Waals surface area contributed by atoms with Crippen LogP contribution in [-0.4, -0.2) is 34.7 Å². The molecule has 2 fully saturated rings. The highest BCUT2D eigenvalue weighted by molar-refractivity contribution is 5.82. The standard InChI is InChI=1S/C13H15NO3/c1-8-11(15)10-7-17-13(14(10)12(8)16)9-5-3-2-4-6-9/h2-6,8,10-11,13,15H,7H2,1H3/t8-,10+,11-,13+/m0/s1. The van der Waals surface area contributed by atoms with Crippen molar-refractivity contribution in [3.63, 3.8) is 0 Å². The number of carbonyl (C=O) groups excluding carboxylic acids is 1. The zero-order valence-electron chi connectivity index (χ0n) is 9.61. The van der Waals surface area contributed by atoms with E-state index < -0.39 is 6.10 Å². The van der Waals surface area contributed by atoms with Gasteiger partial charge in [-0.2, -0.15) is 0 Å². The maximum Gasteiger partial charge on any atom is 0.230 e. The van der Waals surface area contributed by atoms with Gasteiger partial charge in [0.2, 0.25) is 5.91 Å². The number of ether oxygens (including phenoxy) is 1. The SMILES string of the molecule is C[C@@H]1C(=O)N2[C@@H](c3ccccc3)OC[C@@H]2[C@H]1O. The maximum atomic E-state index is 12.1. The molecule has 2 heterocycles. The highest BCUT2D eigenvalue weighted by Gasteiger charge is 2.52. The van der Waals surface area contributed by atoms with Crippen molar-refractivity contribution in [1.29, 1.82) is 0 Å². The van der Waals surface area contributed by atoms with Crippen LogP contribution in [0.2, 0.25) is 0 Å². The summed E-state index contributed by atoms with van der Waals surface area (Å²) in [7, 11) is 0. The molecule has 2 aliphatic rings. The molecule has 0 aromatic heterocycles. The van der Waals surface area contributed by atoms with Gasteiger partial charge in [0.1, 0.15) is 0 Å². The lowest BCUT2D eigenvalue weighted by Gasteiger charge is -2.22. The molecule has 4 atom stereocenters. The average Bonchev–Trinajstić information content (AvgIpc) is 2.88. The summed E-state index contributed by atoms with van der Waals surface area (Å²) < 4.78 is 5.64. The molecule has 0 radical (unpaired) electrons. The number of aliphatic hydroxyl groups excluding tert-OH is 1. The van der Waals surface area contributed by atoms with Crippen molar-refractivity contribution in [2.75, 3.05) is 6.61 Å². The van der Waals surface area contributed by atoms with Crippen molar-refractivity contribution in [1.82, 2.24) is 4.90 Å². The number of nitrogens with zero attached hydrogens (tertiary/aromatic N) is 1. The van der Waals surface area contributed by atoms with E-state index in [4.69, 9.17) is 4.74 Å². The molecule has 2 aliphatic heterocycles. The van der Waals surface area contributed by atoms with Gasteiger partial charge in [-0.15, -0.1) is 0 Å². The molecular formula is C13H15NO3. The minimum absolute atomic E-state index is 0.0196. The van der Waals surface area contributed by atoms with Gasteiger partial charge in [0, 0.05) is 5.56 Å². The zero-order valence-corrected chi connectivity index (χ0v) is 9.61. The molecule has 0 unspecified atom stereocenters. The molecule has 4 nitrogen and oxygen atoms in total. The van der Waals surface area contributed by atoms with E-state index in [1.807, 2.05) is 30.3 Å². The Morgan fingerprint density at radius 3 is 2.76 bits per heavy atom. The number of aliphatic hydroxyl groups is 1. The lowest BCUT2D eigenvalue weighted by molar-refractivity contribution is -0.137. The smallest absolute Gasteiger partial charge is 0.230 e. The van der Waals surface area contributed by atoms with E-state index in [-0.39, 0.29) is 24.1 Å². The fourth-order valence-electron chi connectivity index (χ4n) is 2.66. The third-order valence-corrected chi connectivity index (χ3v) is 3.67. The van der Waals surface area contributed by atoms with E-state index >= 15 is 0 Å². The van der Waals surface area contributed by atoms with Gasteiger partial charge in [-0.05, 0) is 0 Å². The number of fused-ring (bicyclic) bond motifs is 1. The molecule has 0 aliphatic carbocycles. The molecule has 0 spiro atoms. The number of amides is 1. The Balaban J connectivity index is 1.93. The van der Waals surface area contributed by atoms with Crippen LogP contribution in [0.15, 0.2) is 30.3 Å². The molecule has 1 aromatic rings. The Labute approximate surface area is 99.8 Å². The van der Waals surface area contributed by atoms with Gasteiger partial charge in [0.05, 0.1) is 24.7 Å². The quantitative estimate of drug-likeness (QED) is 0.784. The second-order valence-corrected chi connectivity index (χ2v) is 4.69. The van der Waals surface area contributed by atoms with Gasteiger partial charge in [-0.3, -0.25) is 4.79 Å². The minimum atomic E-state index is -0.615. The summed E-state index contributed by atoms with van der Waals surface area (Å²) in [6.07, 6.45) is -0.954. The Kier molecular flexibility index (Phi) is 2.42. The van der Waals surface area contributed by atoms with Crippen LogP contribution in [0, 0.1) is 5.92 Å². The lowest BCUT2D eigenvalue weighted by atomic mass is 10.0. The fourth-order valence-corrected chi connectivity index (χ4v) is 2.66. The molecule has 0 saturated carbocycles. The summed E-state index contributed by atoms with van der Waals surface area (Å²) in [5.74, 6) is -0.344. The van der Waals surface area contributed by atoms with Gasteiger partial charge in [-0.25, -0.2) is 0 Å². The number of hydrogen-bond donors (Lipinski definition) is 1. The summed E-state index contributed by atoms with van der Waals surface area (Å²) >= 11 is 0. The molecular weight excluding hydrogens is 218 g/mol. The van der Waals surface area contributed by atoms with Crippen LogP contribution in [0.1, 0.15) is 18.7 Å². The van der Waals surface area contributed by atoms with Crippen molar-refractivity contribution in [3.8, 4) is 0 Å². The van der Waals surface area contributed by atoms with Crippen LogP contribution in [0.4, 0.5) is 0 Å². The third kappa shape index (κ3) is 1.48. The Hall–Kier alpha value is -1.39. The van der Waals surface area contributed by atoms with E-state index in [1.165, 1.54) is 0 Å². The molecule has 2 saturated heterocycles. The lowest BCUT2D eigenvalue weighted by Crippen LogP contribution is -2.34. The second kappa shape index (κ2) is 3.82. The monoisotopic (exact) mass is 233 g/mol.